The molecule has 4 rings (SSSR count). The van der Waals surface area contributed by atoms with Crippen LogP contribution < -0.4 is 10.5 Å². The number of ether oxygens (including phenoxy) is 1. The van der Waals surface area contributed by atoms with Crippen LogP contribution in [0.3, 0.4) is 0 Å². The van der Waals surface area contributed by atoms with Crippen molar-refractivity contribution in [3.05, 3.63) is 29.8 Å². The fraction of sp³-hybridized carbons (Fsp3) is 0.652. The number of nitrogens with two attached hydrogens (primary N) is 1. The summed E-state index contributed by atoms with van der Waals surface area (Å²) in [5, 5.41) is 0. The molecule has 5 unspecified atom stereocenters. The number of piperidine rings is 1. The first-order valence-corrected chi connectivity index (χ1v) is 11.0. The Kier molecular flexibility index (Phi) is 7.30. The van der Waals surface area contributed by atoms with E-state index in [1.165, 1.54) is 6.42 Å². The molecule has 1 aromatic rings. The van der Waals surface area contributed by atoms with Gasteiger partial charge in [0.15, 0.2) is 6.61 Å². The van der Waals surface area contributed by atoms with Crippen molar-refractivity contribution in [3.63, 3.8) is 0 Å². The minimum atomic E-state index is 0. The Morgan fingerprint density at radius 1 is 1.03 bits per heavy atom. The first kappa shape index (κ1) is 22.9. The molecule has 2 amide bonds. The van der Waals surface area contributed by atoms with Crippen molar-refractivity contribution in [2.24, 2.45) is 17.6 Å². The van der Waals surface area contributed by atoms with E-state index in [9.17, 15) is 9.59 Å². The van der Waals surface area contributed by atoms with Gasteiger partial charge in [-0.1, -0.05) is 0 Å². The smallest absolute Gasteiger partial charge is 0.260 e. The molecule has 0 radical (unpaired) electrons. The molecule has 0 spiro atoms. The molecular weight excluding hydrogens is 402 g/mol. The van der Waals surface area contributed by atoms with Crippen LogP contribution in [0.1, 0.15) is 56.3 Å². The number of carbonyl (C=O) groups excluding carboxylic acids is 2. The Labute approximate surface area is 185 Å². The van der Waals surface area contributed by atoms with Crippen LogP contribution in [-0.4, -0.2) is 59.4 Å². The number of halogens is 1. The summed E-state index contributed by atoms with van der Waals surface area (Å²) in [6, 6.07) is 7.92. The number of likely N-dealkylation sites (tertiary alicyclic amines) is 2. The van der Waals surface area contributed by atoms with Gasteiger partial charge in [0.2, 0.25) is 0 Å². The van der Waals surface area contributed by atoms with Crippen LogP contribution in [0.2, 0.25) is 0 Å². The van der Waals surface area contributed by atoms with E-state index in [0.29, 0.717) is 23.1 Å². The van der Waals surface area contributed by atoms with E-state index in [0.717, 1.165) is 38.8 Å². The summed E-state index contributed by atoms with van der Waals surface area (Å²) >= 11 is 0. The number of fused-ring (bicyclic) bond motifs is 1. The summed E-state index contributed by atoms with van der Waals surface area (Å²) in [6.45, 7) is 5.83. The van der Waals surface area contributed by atoms with E-state index in [2.05, 4.69) is 13.8 Å². The number of benzene rings is 1. The van der Waals surface area contributed by atoms with Gasteiger partial charge < -0.3 is 20.3 Å². The summed E-state index contributed by atoms with van der Waals surface area (Å²) in [4.78, 5) is 29.3. The number of amides is 2. The average molecular weight is 436 g/mol. The van der Waals surface area contributed by atoms with E-state index in [1.807, 2.05) is 9.80 Å². The van der Waals surface area contributed by atoms with Gasteiger partial charge in [0.25, 0.3) is 11.8 Å². The third-order valence-corrected chi connectivity index (χ3v) is 7.14. The molecule has 1 aromatic carbocycles. The lowest BCUT2D eigenvalue weighted by Gasteiger charge is -2.38. The molecule has 2 aliphatic heterocycles. The molecule has 2 heterocycles. The van der Waals surface area contributed by atoms with Gasteiger partial charge >= 0.3 is 0 Å². The Hall–Kier alpha value is -1.79. The molecule has 3 aliphatic rings. The monoisotopic (exact) mass is 435 g/mol. The number of nitrogens with zero attached hydrogens (tertiary/aromatic N) is 2. The molecule has 2 saturated heterocycles. The minimum Gasteiger partial charge on any atom is -0.484 e. The lowest BCUT2D eigenvalue weighted by Crippen LogP contribution is -2.49. The quantitative estimate of drug-likeness (QED) is 0.788. The molecule has 1 saturated carbocycles. The van der Waals surface area contributed by atoms with Gasteiger partial charge in [-0.3, -0.25) is 9.59 Å². The van der Waals surface area contributed by atoms with Crippen molar-refractivity contribution in [2.75, 3.05) is 19.7 Å². The van der Waals surface area contributed by atoms with Crippen molar-refractivity contribution in [1.29, 1.82) is 0 Å². The van der Waals surface area contributed by atoms with Crippen molar-refractivity contribution in [1.82, 2.24) is 9.80 Å². The second-order valence-corrected chi connectivity index (χ2v) is 9.12. The van der Waals surface area contributed by atoms with Gasteiger partial charge in [0.05, 0.1) is 0 Å². The summed E-state index contributed by atoms with van der Waals surface area (Å²) in [5.74, 6) is 1.72. The maximum absolute atomic E-state index is 12.8. The third-order valence-electron chi connectivity index (χ3n) is 7.14. The van der Waals surface area contributed by atoms with Gasteiger partial charge in [0, 0.05) is 36.8 Å². The number of hydrogen-bond donors (Lipinski definition) is 1. The summed E-state index contributed by atoms with van der Waals surface area (Å²) in [5.41, 5.74) is 6.85. The average Bonchev–Trinajstić information content (AvgIpc) is 3.28. The molecule has 7 heteroatoms. The largest absolute Gasteiger partial charge is 0.484 e. The zero-order valence-electron chi connectivity index (χ0n) is 18.0. The van der Waals surface area contributed by atoms with E-state index in [-0.39, 0.29) is 49.0 Å². The predicted octanol–water partition coefficient (Wildman–Crippen LogP) is 3.09. The SMILES string of the molecule is CC1CCCC(C)N1C(=O)COc1ccc(C(=O)N2CC3CCC(N)C3C2)cc1.Cl. The molecule has 1 aliphatic carbocycles. The minimum absolute atomic E-state index is 0. The predicted molar refractivity (Wildman–Crippen MR) is 119 cm³/mol. The van der Waals surface area contributed by atoms with Gasteiger partial charge in [0.1, 0.15) is 5.75 Å². The van der Waals surface area contributed by atoms with Gasteiger partial charge in [-0.15, -0.1) is 12.4 Å². The van der Waals surface area contributed by atoms with Crippen molar-refractivity contribution >= 4 is 24.2 Å². The fourth-order valence-electron chi connectivity index (χ4n) is 5.48. The lowest BCUT2D eigenvalue weighted by atomic mass is 9.97. The number of carbonyl (C=O) groups is 2. The highest BCUT2D eigenvalue weighted by Gasteiger charge is 2.42. The summed E-state index contributed by atoms with van der Waals surface area (Å²) in [7, 11) is 0. The fourth-order valence-corrected chi connectivity index (χ4v) is 5.48. The van der Waals surface area contributed by atoms with Crippen molar-refractivity contribution in [3.8, 4) is 5.75 Å². The van der Waals surface area contributed by atoms with Crippen LogP contribution in [-0.2, 0) is 4.79 Å². The molecular formula is C23H34ClN3O3. The van der Waals surface area contributed by atoms with E-state index in [4.69, 9.17) is 10.5 Å². The first-order valence-electron chi connectivity index (χ1n) is 11.0. The summed E-state index contributed by atoms with van der Waals surface area (Å²) < 4.78 is 5.72. The normalized spacial score (nSPS) is 30.6. The lowest BCUT2D eigenvalue weighted by molar-refractivity contribution is -0.139. The van der Waals surface area contributed by atoms with Crippen LogP contribution >= 0.6 is 12.4 Å². The Bertz CT molecular complexity index is 747. The molecule has 0 bridgehead atoms. The number of hydrogen-bond acceptors (Lipinski definition) is 4. The van der Waals surface area contributed by atoms with Crippen molar-refractivity contribution in [2.45, 2.75) is 64.1 Å². The molecule has 5 atom stereocenters. The van der Waals surface area contributed by atoms with Gasteiger partial charge in [-0.2, -0.15) is 0 Å². The van der Waals surface area contributed by atoms with Gasteiger partial charge in [-0.05, 0) is 82.1 Å². The highest BCUT2D eigenvalue weighted by Crippen LogP contribution is 2.37. The van der Waals surface area contributed by atoms with Crippen LogP contribution in [0, 0.1) is 11.8 Å². The van der Waals surface area contributed by atoms with Crippen LogP contribution in [0.4, 0.5) is 0 Å². The molecule has 0 aromatic heterocycles. The van der Waals surface area contributed by atoms with Crippen LogP contribution in [0.25, 0.3) is 0 Å². The van der Waals surface area contributed by atoms with Crippen LogP contribution in [0.15, 0.2) is 24.3 Å². The standard InChI is InChI=1S/C23H33N3O3.ClH/c1-15-4-3-5-16(2)26(15)22(27)14-29-19-9-6-17(7-10-19)23(28)25-12-18-8-11-21(24)20(18)13-25;/h6-7,9-10,15-16,18,20-21H,3-5,8,11-14,24H2,1-2H3;1H. The maximum Gasteiger partial charge on any atom is 0.260 e. The molecule has 30 heavy (non-hydrogen) atoms. The van der Waals surface area contributed by atoms with E-state index in [1.54, 1.807) is 24.3 Å². The highest BCUT2D eigenvalue weighted by atomic mass is 35.5. The summed E-state index contributed by atoms with van der Waals surface area (Å²) in [6.07, 6.45) is 5.49. The van der Waals surface area contributed by atoms with E-state index >= 15 is 0 Å². The zero-order chi connectivity index (χ0) is 20.5. The Morgan fingerprint density at radius 3 is 2.33 bits per heavy atom. The second-order valence-electron chi connectivity index (χ2n) is 9.12. The Morgan fingerprint density at radius 2 is 1.70 bits per heavy atom. The molecule has 6 nitrogen and oxygen atoms in total. The van der Waals surface area contributed by atoms with E-state index < -0.39 is 0 Å². The molecule has 3 fully saturated rings. The highest BCUT2D eigenvalue weighted by molar-refractivity contribution is 5.94. The molecule has 166 valence electrons. The zero-order valence-corrected chi connectivity index (χ0v) is 18.8. The maximum atomic E-state index is 12.8. The first-order chi connectivity index (χ1) is 13.9. The van der Waals surface area contributed by atoms with Crippen molar-refractivity contribution < 1.29 is 14.3 Å². The second kappa shape index (κ2) is 9.56. The molecule has 2 N–H and O–H groups in total. The number of rotatable bonds is 4. The third kappa shape index (κ3) is 4.59. The topological polar surface area (TPSA) is 75.9 Å². The van der Waals surface area contributed by atoms with Gasteiger partial charge in [-0.25, -0.2) is 0 Å². The van der Waals surface area contributed by atoms with Crippen LogP contribution in [0.5, 0.6) is 5.75 Å². The Balaban J connectivity index is 0.00000256.